The Labute approximate surface area is 207 Å². The summed E-state index contributed by atoms with van der Waals surface area (Å²) < 4.78 is 37.0. The fourth-order valence-corrected chi connectivity index (χ4v) is 4.25. The van der Waals surface area contributed by atoms with E-state index in [4.69, 9.17) is 0 Å². The largest absolute Gasteiger partial charge is 0.405 e. The molecule has 3 aromatic rings. The molecule has 1 fully saturated rings. The maximum Gasteiger partial charge on any atom is 0.405 e. The summed E-state index contributed by atoms with van der Waals surface area (Å²) in [4.78, 5) is 24.4. The van der Waals surface area contributed by atoms with Crippen LogP contribution in [0, 0.1) is 13.8 Å². The van der Waals surface area contributed by atoms with Gasteiger partial charge < -0.3 is 15.1 Å². The van der Waals surface area contributed by atoms with E-state index in [1.165, 1.54) is 18.0 Å². The molecular formula is C25H28F3N7O. The zero-order valence-electron chi connectivity index (χ0n) is 20.4. The fourth-order valence-electron chi connectivity index (χ4n) is 4.25. The average Bonchev–Trinajstić information content (AvgIpc) is 2.86. The normalized spacial score (nSPS) is 16.2. The molecule has 1 saturated heterocycles. The first-order valence-electron chi connectivity index (χ1n) is 11.7. The van der Waals surface area contributed by atoms with Gasteiger partial charge >= 0.3 is 6.18 Å². The molecule has 8 nitrogen and oxygen atoms in total. The molecular weight excluding hydrogens is 471 g/mol. The zero-order chi connectivity index (χ0) is 25.9. The number of rotatable bonds is 6. The number of nitrogens with one attached hydrogen (secondary N) is 1. The predicted molar refractivity (Wildman–Crippen MR) is 130 cm³/mol. The van der Waals surface area contributed by atoms with Gasteiger partial charge in [-0.15, -0.1) is 5.10 Å². The Morgan fingerprint density at radius 3 is 2.44 bits per heavy atom. The summed E-state index contributed by atoms with van der Waals surface area (Å²) in [6.07, 6.45) is -1.14. The molecule has 1 amide bonds. The number of piperazine rings is 1. The first kappa shape index (κ1) is 25.3. The highest BCUT2D eigenvalue weighted by molar-refractivity contribution is 5.92. The molecule has 2 aromatic heterocycles. The van der Waals surface area contributed by atoms with Gasteiger partial charge in [0.1, 0.15) is 18.1 Å². The minimum atomic E-state index is -4.48. The third-order valence-corrected chi connectivity index (χ3v) is 6.35. The van der Waals surface area contributed by atoms with Gasteiger partial charge in [0.15, 0.2) is 5.82 Å². The van der Waals surface area contributed by atoms with Crippen LogP contribution in [0.5, 0.6) is 0 Å². The number of anilines is 2. The van der Waals surface area contributed by atoms with Crippen LogP contribution in [0.2, 0.25) is 0 Å². The summed E-state index contributed by atoms with van der Waals surface area (Å²) in [6.45, 7) is 6.80. The maximum atomic E-state index is 12.3. The third kappa shape index (κ3) is 5.89. The number of aromatic nitrogens is 4. The van der Waals surface area contributed by atoms with E-state index >= 15 is 0 Å². The van der Waals surface area contributed by atoms with Crippen LogP contribution in [-0.2, 0) is 6.42 Å². The van der Waals surface area contributed by atoms with Crippen LogP contribution in [0.25, 0.3) is 0 Å². The Balaban J connectivity index is 1.41. The number of halogens is 3. The number of nitrogens with zero attached hydrogens (tertiary/aromatic N) is 6. The van der Waals surface area contributed by atoms with Gasteiger partial charge in [-0.1, -0.05) is 30.3 Å². The molecule has 190 valence electrons. The van der Waals surface area contributed by atoms with Crippen LogP contribution in [-0.4, -0.2) is 64.5 Å². The van der Waals surface area contributed by atoms with Crippen molar-refractivity contribution in [2.24, 2.45) is 0 Å². The van der Waals surface area contributed by atoms with Crippen molar-refractivity contribution in [2.45, 2.75) is 39.4 Å². The number of amides is 1. The topological polar surface area (TPSA) is 87.1 Å². The van der Waals surface area contributed by atoms with Crippen LogP contribution < -0.4 is 15.1 Å². The van der Waals surface area contributed by atoms with Crippen LogP contribution in [0.3, 0.4) is 0 Å². The number of carbonyl (C=O) groups is 1. The van der Waals surface area contributed by atoms with E-state index in [-0.39, 0.29) is 11.7 Å². The molecule has 11 heteroatoms. The van der Waals surface area contributed by atoms with E-state index in [2.05, 4.69) is 62.9 Å². The van der Waals surface area contributed by atoms with Crippen molar-refractivity contribution < 1.29 is 18.0 Å². The van der Waals surface area contributed by atoms with E-state index in [1.807, 2.05) is 18.2 Å². The fraction of sp³-hybridized carbons (Fsp3) is 0.400. The highest BCUT2D eigenvalue weighted by atomic mass is 19.4. The quantitative estimate of drug-likeness (QED) is 0.556. The van der Waals surface area contributed by atoms with Crippen molar-refractivity contribution in [2.75, 3.05) is 36.0 Å². The van der Waals surface area contributed by atoms with Crippen molar-refractivity contribution >= 4 is 17.5 Å². The average molecular weight is 500 g/mol. The van der Waals surface area contributed by atoms with Gasteiger partial charge in [0, 0.05) is 32.1 Å². The summed E-state index contributed by atoms with van der Waals surface area (Å²) in [5.41, 5.74) is 4.22. The number of hydrogen-bond donors (Lipinski definition) is 1. The van der Waals surface area contributed by atoms with Crippen LogP contribution in [0.1, 0.15) is 39.8 Å². The maximum absolute atomic E-state index is 12.3. The van der Waals surface area contributed by atoms with E-state index in [1.54, 1.807) is 5.32 Å². The standard InChI is InChI=1S/C25H28F3N7O/c1-16-14-34(23-18(3)17(2)20(32-33-23)11-19-7-5-4-6-8-19)9-10-35(16)22-13-29-21(12-30-22)24(36)31-15-25(26,27)28/h4-8,12-13,16H,9-11,14-15H2,1-3H3,(H,31,36). The lowest BCUT2D eigenvalue weighted by Gasteiger charge is -2.41. The molecule has 0 saturated carbocycles. The van der Waals surface area contributed by atoms with Crippen molar-refractivity contribution in [1.82, 2.24) is 25.5 Å². The highest BCUT2D eigenvalue weighted by Gasteiger charge is 2.29. The minimum Gasteiger partial charge on any atom is -0.351 e. The smallest absolute Gasteiger partial charge is 0.351 e. The molecule has 1 aromatic carbocycles. The third-order valence-electron chi connectivity index (χ3n) is 6.35. The van der Waals surface area contributed by atoms with Gasteiger partial charge in [-0.3, -0.25) is 4.79 Å². The van der Waals surface area contributed by atoms with Gasteiger partial charge in [-0.05, 0) is 37.5 Å². The van der Waals surface area contributed by atoms with Gasteiger partial charge in [0.25, 0.3) is 5.91 Å². The second-order valence-electron chi connectivity index (χ2n) is 8.93. The zero-order valence-corrected chi connectivity index (χ0v) is 20.4. The van der Waals surface area contributed by atoms with E-state index in [0.717, 1.165) is 29.1 Å². The van der Waals surface area contributed by atoms with Gasteiger partial charge in [0.2, 0.25) is 0 Å². The minimum absolute atomic E-state index is 0.0588. The predicted octanol–water partition coefficient (Wildman–Crippen LogP) is 3.48. The van der Waals surface area contributed by atoms with Crippen LogP contribution >= 0.6 is 0 Å². The molecule has 0 aliphatic carbocycles. The molecule has 1 atom stereocenters. The lowest BCUT2D eigenvalue weighted by molar-refractivity contribution is -0.123. The lowest BCUT2D eigenvalue weighted by atomic mass is 10.0. The van der Waals surface area contributed by atoms with Crippen molar-refractivity contribution in [3.8, 4) is 0 Å². The van der Waals surface area contributed by atoms with Gasteiger partial charge in [-0.25, -0.2) is 9.97 Å². The Bertz CT molecular complexity index is 1200. The molecule has 0 bridgehead atoms. The number of alkyl halides is 3. The second kappa shape index (κ2) is 10.5. The highest BCUT2D eigenvalue weighted by Crippen LogP contribution is 2.26. The summed E-state index contributed by atoms with van der Waals surface area (Å²) >= 11 is 0. The summed E-state index contributed by atoms with van der Waals surface area (Å²) in [6, 6.07) is 10.2. The Kier molecular flexibility index (Phi) is 7.37. The lowest BCUT2D eigenvalue weighted by Crippen LogP contribution is -2.53. The molecule has 36 heavy (non-hydrogen) atoms. The Morgan fingerprint density at radius 1 is 1.06 bits per heavy atom. The van der Waals surface area contributed by atoms with E-state index in [9.17, 15) is 18.0 Å². The van der Waals surface area contributed by atoms with Gasteiger partial charge in [0.05, 0.1) is 18.1 Å². The molecule has 0 radical (unpaired) electrons. The summed E-state index contributed by atoms with van der Waals surface area (Å²) in [5, 5.41) is 10.9. The van der Waals surface area contributed by atoms with Crippen molar-refractivity contribution in [3.05, 3.63) is 70.8 Å². The first-order chi connectivity index (χ1) is 17.1. The van der Waals surface area contributed by atoms with Crippen molar-refractivity contribution in [1.29, 1.82) is 0 Å². The molecule has 0 spiro atoms. The molecule has 4 rings (SSSR count). The second-order valence-corrected chi connectivity index (χ2v) is 8.93. The SMILES string of the molecule is Cc1c(Cc2ccccc2)nnc(N2CCN(c3cnc(C(=O)NCC(F)(F)F)cn3)C(C)C2)c1C. The molecule has 1 aliphatic rings. The summed E-state index contributed by atoms with van der Waals surface area (Å²) in [7, 11) is 0. The molecule has 1 unspecified atom stereocenters. The molecule has 3 heterocycles. The van der Waals surface area contributed by atoms with Crippen molar-refractivity contribution in [3.63, 3.8) is 0 Å². The molecule has 1 N–H and O–H groups in total. The van der Waals surface area contributed by atoms with E-state index in [0.29, 0.717) is 25.5 Å². The van der Waals surface area contributed by atoms with E-state index < -0.39 is 18.6 Å². The Morgan fingerprint density at radius 2 is 1.81 bits per heavy atom. The number of hydrogen-bond acceptors (Lipinski definition) is 7. The van der Waals surface area contributed by atoms with Crippen LogP contribution in [0.15, 0.2) is 42.7 Å². The first-order valence-corrected chi connectivity index (χ1v) is 11.7. The molecule has 1 aliphatic heterocycles. The summed E-state index contributed by atoms with van der Waals surface area (Å²) in [5.74, 6) is 0.509. The number of benzene rings is 1. The monoisotopic (exact) mass is 499 g/mol. The number of carbonyl (C=O) groups excluding carboxylic acids is 1. The Hall–Kier alpha value is -3.76. The van der Waals surface area contributed by atoms with Crippen LogP contribution in [0.4, 0.5) is 24.8 Å². The van der Waals surface area contributed by atoms with Gasteiger partial charge in [-0.2, -0.15) is 18.3 Å².